The molecule has 0 spiro atoms. The molecule has 0 aromatic heterocycles. The van der Waals surface area contributed by atoms with Gasteiger partial charge < -0.3 is 32.3 Å². The maximum absolute atomic E-state index is 11.9. The molecule has 1 aromatic rings. The van der Waals surface area contributed by atoms with Gasteiger partial charge in [-0.1, -0.05) is 12.2 Å². The second-order valence-electron chi connectivity index (χ2n) is 6.02. The minimum atomic E-state index is -1.36. The smallest absolute Gasteiger partial charge is 0.336 e. The fourth-order valence-electron chi connectivity index (χ4n) is 2.97. The van der Waals surface area contributed by atoms with Gasteiger partial charge in [0.05, 0.1) is 11.1 Å². The Labute approximate surface area is 149 Å². The van der Waals surface area contributed by atoms with Gasteiger partial charge in [0.15, 0.2) is 0 Å². The number of hydrogen-bond acceptors (Lipinski definition) is 6. The number of carboxylic acid groups (broad SMARTS) is 2. The largest absolute Gasteiger partial charge is 0.478 e. The van der Waals surface area contributed by atoms with Crippen LogP contribution in [0.25, 0.3) is 0 Å². The molecule has 2 heterocycles. The Morgan fingerprint density at radius 2 is 1.15 bits per heavy atom. The fraction of sp³-hybridized carbons (Fsp3) is 0.111. The molecule has 134 valence electrons. The first kappa shape index (κ1) is 17.5. The quantitative estimate of drug-likeness (QED) is 0.461. The van der Waals surface area contributed by atoms with E-state index < -0.39 is 23.3 Å². The molecule has 8 N–H and O–H groups in total. The van der Waals surface area contributed by atoms with Crippen LogP contribution in [0, 0.1) is 0 Å². The first-order valence-electron chi connectivity index (χ1n) is 7.74. The number of carbonyl (C=O) groups is 2. The summed E-state index contributed by atoms with van der Waals surface area (Å²) >= 11 is 0. The normalized spacial score (nSPS) is 26.2. The molecular weight excluding hydrogens is 336 g/mol. The van der Waals surface area contributed by atoms with Crippen LogP contribution in [0.2, 0.25) is 0 Å². The van der Waals surface area contributed by atoms with Crippen molar-refractivity contribution in [2.45, 2.75) is 11.3 Å². The summed E-state index contributed by atoms with van der Waals surface area (Å²) in [5.74, 6) is -2.49. The van der Waals surface area contributed by atoms with Gasteiger partial charge in [-0.15, -0.1) is 0 Å². The summed E-state index contributed by atoms with van der Waals surface area (Å²) in [6.07, 6.45) is 12.9. The van der Waals surface area contributed by atoms with Crippen molar-refractivity contribution in [1.29, 1.82) is 0 Å². The number of benzene rings is 1. The van der Waals surface area contributed by atoms with Crippen molar-refractivity contribution in [2.24, 2.45) is 11.5 Å². The van der Waals surface area contributed by atoms with Crippen molar-refractivity contribution in [3.05, 3.63) is 83.2 Å². The first-order valence-corrected chi connectivity index (χ1v) is 7.74. The topological polar surface area (TPSA) is 151 Å². The Balaban J connectivity index is 2.27. The van der Waals surface area contributed by atoms with Gasteiger partial charge in [0.2, 0.25) is 0 Å². The molecule has 2 aliphatic heterocycles. The molecule has 2 aliphatic rings. The second-order valence-corrected chi connectivity index (χ2v) is 6.02. The Kier molecular flexibility index (Phi) is 4.15. The van der Waals surface area contributed by atoms with Crippen molar-refractivity contribution in [1.82, 2.24) is 10.6 Å². The van der Waals surface area contributed by atoms with Crippen LogP contribution < -0.4 is 22.1 Å². The van der Waals surface area contributed by atoms with Crippen molar-refractivity contribution >= 4 is 11.9 Å². The van der Waals surface area contributed by atoms with E-state index in [1.54, 1.807) is 48.9 Å². The number of nitrogens with one attached hydrogen (secondary N) is 2. The van der Waals surface area contributed by atoms with Gasteiger partial charge in [0, 0.05) is 11.1 Å². The number of allylic oxidation sites excluding steroid dienone is 4. The van der Waals surface area contributed by atoms with Gasteiger partial charge >= 0.3 is 11.9 Å². The zero-order chi connectivity index (χ0) is 18.9. The zero-order valence-corrected chi connectivity index (χ0v) is 13.6. The van der Waals surface area contributed by atoms with E-state index >= 15 is 0 Å². The molecule has 0 bridgehead atoms. The third-order valence-electron chi connectivity index (χ3n) is 4.29. The molecule has 1 aromatic carbocycles. The Hall–Kier alpha value is -3.36. The monoisotopic (exact) mass is 354 g/mol. The van der Waals surface area contributed by atoms with Crippen molar-refractivity contribution < 1.29 is 19.8 Å². The van der Waals surface area contributed by atoms with Crippen LogP contribution in [0.15, 0.2) is 61.0 Å². The third kappa shape index (κ3) is 2.87. The SMILES string of the molecule is NC1(c2cc(C(=O)O)c(C3(N)C=CC=CN3)cc2C(=O)O)C=CC=CN1. The minimum Gasteiger partial charge on any atom is -0.478 e. The predicted molar refractivity (Wildman–Crippen MR) is 94.9 cm³/mol. The maximum atomic E-state index is 11.9. The van der Waals surface area contributed by atoms with E-state index in [1.807, 2.05) is 0 Å². The lowest BCUT2D eigenvalue weighted by atomic mass is 9.85. The molecule has 0 radical (unpaired) electrons. The molecule has 3 rings (SSSR count). The van der Waals surface area contributed by atoms with E-state index in [1.165, 1.54) is 12.1 Å². The van der Waals surface area contributed by atoms with Crippen molar-refractivity contribution in [3.8, 4) is 0 Å². The van der Waals surface area contributed by atoms with Crippen molar-refractivity contribution in [3.63, 3.8) is 0 Å². The number of rotatable bonds is 4. The molecule has 0 fully saturated rings. The third-order valence-corrected chi connectivity index (χ3v) is 4.29. The van der Waals surface area contributed by atoms with Crippen LogP contribution in [0.5, 0.6) is 0 Å². The van der Waals surface area contributed by atoms with Gasteiger partial charge in [-0.05, 0) is 48.8 Å². The van der Waals surface area contributed by atoms with Crippen molar-refractivity contribution in [2.75, 3.05) is 0 Å². The molecule has 8 heteroatoms. The van der Waals surface area contributed by atoms with Crippen LogP contribution in [0.4, 0.5) is 0 Å². The lowest BCUT2D eigenvalue weighted by molar-refractivity contribution is 0.0676. The molecule has 0 aliphatic carbocycles. The second kappa shape index (κ2) is 6.17. The Bertz CT molecular complexity index is 829. The molecule has 2 atom stereocenters. The Morgan fingerprint density at radius 3 is 1.42 bits per heavy atom. The van der Waals surface area contributed by atoms with Gasteiger partial charge in [-0.3, -0.25) is 0 Å². The van der Waals surface area contributed by atoms with E-state index in [9.17, 15) is 19.8 Å². The number of carboxylic acids is 2. The number of dihydropyridines is 2. The van der Waals surface area contributed by atoms with Gasteiger partial charge in [-0.25, -0.2) is 9.59 Å². The average molecular weight is 354 g/mol. The summed E-state index contributed by atoms with van der Waals surface area (Å²) in [6.45, 7) is 0. The maximum Gasteiger partial charge on any atom is 0.336 e. The van der Waals surface area contributed by atoms with E-state index in [2.05, 4.69) is 10.6 Å². The number of hydrogen-bond donors (Lipinski definition) is 6. The molecule has 2 unspecified atom stereocenters. The minimum absolute atomic E-state index is 0.116. The van der Waals surface area contributed by atoms with Gasteiger partial charge in [0.1, 0.15) is 11.3 Å². The molecule has 0 saturated carbocycles. The van der Waals surface area contributed by atoms with Crippen LogP contribution in [0.3, 0.4) is 0 Å². The summed E-state index contributed by atoms with van der Waals surface area (Å²) in [6, 6.07) is 2.50. The number of aromatic carboxylic acids is 2. The standard InChI is InChI=1S/C18H18N4O4/c19-17(5-1-3-7-21-17)13-9-12(16(25)26)14(10-11(13)15(23)24)18(20)6-2-4-8-22-18/h1-10,21-22H,19-20H2,(H,23,24)(H,25,26). The summed E-state index contributed by atoms with van der Waals surface area (Å²) in [5.41, 5.74) is 9.77. The molecule has 0 saturated heterocycles. The molecular formula is C18H18N4O4. The number of nitrogens with two attached hydrogens (primary N) is 2. The first-order chi connectivity index (χ1) is 12.3. The van der Waals surface area contributed by atoms with E-state index in [0.29, 0.717) is 0 Å². The van der Waals surface area contributed by atoms with E-state index in [4.69, 9.17) is 11.5 Å². The summed E-state index contributed by atoms with van der Waals surface area (Å²) in [4.78, 5) is 23.7. The van der Waals surface area contributed by atoms with Crippen LogP contribution in [-0.2, 0) is 11.3 Å². The van der Waals surface area contributed by atoms with E-state index in [0.717, 1.165) is 0 Å². The Morgan fingerprint density at radius 1 is 0.769 bits per heavy atom. The van der Waals surface area contributed by atoms with Gasteiger partial charge in [-0.2, -0.15) is 0 Å². The van der Waals surface area contributed by atoms with Crippen LogP contribution in [0.1, 0.15) is 31.8 Å². The van der Waals surface area contributed by atoms with Crippen LogP contribution in [-0.4, -0.2) is 22.2 Å². The molecule has 26 heavy (non-hydrogen) atoms. The highest BCUT2D eigenvalue weighted by Gasteiger charge is 2.36. The molecule has 8 nitrogen and oxygen atoms in total. The lowest BCUT2D eigenvalue weighted by Gasteiger charge is -2.34. The van der Waals surface area contributed by atoms with E-state index in [-0.39, 0.29) is 22.3 Å². The van der Waals surface area contributed by atoms with Crippen LogP contribution >= 0.6 is 0 Å². The summed E-state index contributed by atoms with van der Waals surface area (Å²) in [5, 5.41) is 25.1. The highest BCUT2D eigenvalue weighted by atomic mass is 16.4. The highest BCUT2D eigenvalue weighted by Crippen LogP contribution is 2.31. The van der Waals surface area contributed by atoms with Gasteiger partial charge in [0.25, 0.3) is 0 Å². The lowest BCUT2D eigenvalue weighted by Crippen LogP contribution is -2.50. The highest BCUT2D eigenvalue weighted by molar-refractivity contribution is 5.95. The average Bonchev–Trinajstić information content (AvgIpc) is 2.61. The summed E-state index contributed by atoms with van der Waals surface area (Å²) < 4.78 is 0. The predicted octanol–water partition coefficient (Wildman–Crippen LogP) is 0.652. The fourth-order valence-corrected chi connectivity index (χ4v) is 2.97. The summed E-state index contributed by atoms with van der Waals surface area (Å²) in [7, 11) is 0. The zero-order valence-electron chi connectivity index (χ0n) is 13.6. The molecule has 0 amide bonds.